The number of thioether (sulfide) groups is 1. The van der Waals surface area contributed by atoms with Gasteiger partial charge in [0.15, 0.2) is 0 Å². The molecule has 100 valence electrons. The Labute approximate surface area is 117 Å². The largest absolute Gasteiger partial charge is 0.388 e. The Balaban J connectivity index is 1.95. The highest BCUT2D eigenvalue weighted by atomic mass is 32.2. The fraction of sp³-hybridized carbons (Fsp3) is 0.250. The SMILES string of the molecule is CCc1ccc(C(O)CSc2cccc(F)c2)cc1. The first-order chi connectivity index (χ1) is 9.19. The van der Waals surface area contributed by atoms with Crippen LogP contribution in [0.5, 0.6) is 0 Å². The summed E-state index contributed by atoms with van der Waals surface area (Å²) in [5.74, 6) is 0.279. The average molecular weight is 276 g/mol. The van der Waals surface area contributed by atoms with Crippen LogP contribution in [0.15, 0.2) is 53.4 Å². The van der Waals surface area contributed by atoms with Gasteiger partial charge in [-0.1, -0.05) is 37.3 Å². The van der Waals surface area contributed by atoms with Crippen LogP contribution in [-0.2, 0) is 6.42 Å². The van der Waals surface area contributed by atoms with Crippen LogP contribution in [0, 0.1) is 5.82 Å². The summed E-state index contributed by atoms with van der Waals surface area (Å²) in [7, 11) is 0. The molecule has 1 unspecified atom stereocenters. The lowest BCUT2D eigenvalue weighted by molar-refractivity contribution is 0.204. The zero-order valence-corrected chi connectivity index (χ0v) is 11.7. The van der Waals surface area contributed by atoms with Crippen molar-refractivity contribution in [3.05, 3.63) is 65.5 Å². The van der Waals surface area contributed by atoms with E-state index in [9.17, 15) is 9.50 Å². The fourth-order valence-electron chi connectivity index (χ4n) is 1.80. The summed E-state index contributed by atoms with van der Waals surface area (Å²) < 4.78 is 13.0. The Morgan fingerprint density at radius 2 is 1.89 bits per heavy atom. The third kappa shape index (κ3) is 4.08. The molecule has 0 aromatic heterocycles. The second-order valence-electron chi connectivity index (χ2n) is 4.38. The molecule has 0 heterocycles. The normalized spacial score (nSPS) is 12.4. The maximum Gasteiger partial charge on any atom is 0.124 e. The third-order valence-corrected chi connectivity index (χ3v) is 4.05. The van der Waals surface area contributed by atoms with Gasteiger partial charge in [0, 0.05) is 10.6 Å². The first kappa shape index (κ1) is 14.1. The Morgan fingerprint density at radius 1 is 1.16 bits per heavy atom. The maximum absolute atomic E-state index is 13.0. The van der Waals surface area contributed by atoms with E-state index in [2.05, 4.69) is 6.92 Å². The van der Waals surface area contributed by atoms with E-state index in [4.69, 9.17) is 0 Å². The number of hydrogen-bond donors (Lipinski definition) is 1. The molecule has 2 rings (SSSR count). The van der Waals surface area contributed by atoms with Gasteiger partial charge in [0.1, 0.15) is 5.82 Å². The lowest BCUT2D eigenvalue weighted by atomic mass is 10.1. The van der Waals surface area contributed by atoms with Gasteiger partial charge in [-0.3, -0.25) is 0 Å². The molecule has 0 saturated carbocycles. The van der Waals surface area contributed by atoms with Crippen LogP contribution in [0.4, 0.5) is 4.39 Å². The van der Waals surface area contributed by atoms with Gasteiger partial charge in [-0.15, -0.1) is 11.8 Å². The minimum absolute atomic E-state index is 0.244. The van der Waals surface area contributed by atoms with Crippen molar-refractivity contribution in [2.24, 2.45) is 0 Å². The monoisotopic (exact) mass is 276 g/mol. The van der Waals surface area contributed by atoms with E-state index < -0.39 is 6.10 Å². The molecule has 1 nitrogen and oxygen atoms in total. The van der Waals surface area contributed by atoms with Crippen LogP contribution in [0.25, 0.3) is 0 Å². The predicted octanol–water partition coefficient (Wildman–Crippen LogP) is 4.21. The number of hydrogen-bond acceptors (Lipinski definition) is 2. The van der Waals surface area contributed by atoms with Crippen molar-refractivity contribution in [1.82, 2.24) is 0 Å². The number of halogens is 1. The summed E-state index contributed by atoms with van der Waals surface area (Å²) in [6, 6.07) is 14.4. The van der Waals surface area contributed by atoms with E-state index in [0.29, 0.717) is 5.75 Å². The molecule has 0 radical (unpaired) electrons. The zero-order valence-electron chi connectivity index (χ0n) is 10.8. The van der Waals surface area contributed by atoms with Gasteiger partial charge in [-0.25, -0.2) is 4.39 Å². The molecule has 0 aliphatic heterocycles. The molecule has 0 spiro atoms. The molecule has 19 heavy (non-hydrogen) atoms. The molecule has 1 atom stereocenters. The van der Waals surface area contributed by atoms with Crippen LogP contribution < -0.4 is 0 Å². The van der Waals surface area contributed by atoms with Gasteiger partial charge in [0.2, 0.25) is 0 Å². The zero-order chi connectivity index (χ0) is 13.7. The molecule has 0 aliphatic rings. The lowest BCUT2D eigenvalue weighted by Crippen LogP contribution is -2.00. The first-order valence-corrected chi connectivity index (χ1v) is 7.33. The molecule has 0 aliphatic carbocycles. The second kappa shape index (κ2) is 6.73. The van der Waals surface area contributed by atoms with Crippen LogP contribution in [0.1, 0.15) is 24.2 Å². The number of aliphatic hydroxyl groups excluding tert-OH is 1. The predicted molar refractivity (Wildman–Crippen MR) is 77.9 cm³/mol. The van der Waals surface area contributed by atoms with Gasteiger partial charge >= 0.3 is 0 Å². The summed E-state index contributed by atoms with van der Waals surface area (Å²) in [6.07, 6.45) is 0.466. The summed E-state index contributed by atoms with van der Waals surface area (Å²) >= 11 is 1.46. The molecule has 0 bridgehead atoms. The van der Waals surface area contributed by atoms with E-state index in [1.54, 1.807) is 6.07 Å². The van der Waals surface area contributed by atoms with Crippen molar-refractivity contribution in [3.8, 4) is 0 Å². The van der Waals surface area contributed by atoms with E-state index in [1.807, 2.05) is 30.3 Å². The number of benzene rings is 2. The molecule has 0 fully saturated rings. The first-order valence-electron chi connectivity index (χ1n) is 6.34. The molecule has 1 N–H and O–H groups in total. The number of rotatable bonds is 5. The van der Waals surface area contributed by atoms with Gasteiger partial charge in [0.05, 0.1) is 6.10 Å². The smallest absolute Gasteiger partial charge is 0.124 e. The van der Waals surface area contributed by atoms with Crippen molar-refractivity contribution in [3.63, 3.8) is 0 Å². The molecule has 2 aromatic rings. The molecule has 0 saturated heterocycles. The van der Waals surface area contributed by atoms with Crippen molar-refractivity contribution in [2.75, 3.05) is 5.75 Å². The standard InChI is InChI=1S/C16H17FOS/c1-2-12-6-8-13(9-7-12)16(18)11-19-15-5-3-4-14(17)10-15/h3-10,16,18H,2,11H2,1H3. The van der Waals surface area contributed by atoms with Crippen LogP contribution >= 0.6 is 11.8 Å². The minimum Gasteiger partial charge on any atom is -0.388 e. The van der Waals surface area contributed by atoms with Crippen molar-refractivity contribution >= 4 is 11.8 Å². The van der Waals surface area contributed by atoms with Gasteiger partial charge < -0.3 is 5.11 Å². The van der Waals surface area contributed by atoms with E-state index in [-0.39, 0.29) is 5.82 Å². The second-order valence-corrected chi connectivity index (χ2v) is 5.47. The molecule has 0 amide bonds. The Morgan fingerprint density at radius 3 is 2.53 bits per heavy atom. The van der Waals surface area contributed by atoms with Gasteiger partial charge in [-0.05, 0) is 35.7 Å². The molecule has 2 aromatic carbocycles. The minimum atomic E-state index is -0.529. The molecule has 3 heteroatoms. The van der Waals surface area contributed by atoms with Crippen LogP contribution in [0.2, 0.25) is 0 Å². The van der Waals surface area contributed by atoms with Crippen LogP contribution in [0.3, 0.4) is 0 Å². The Kier molecular flexibility index (Phi) is 5.00. The quantitative estimate of drug-likeness (QED) is 0.825. The molecular formula is C16H17FOS. The van der Waals surface area contributed by atoms with Crippen molar-refractivity contribution < 1.29 is 9.50 Å². The maximum atomic E-state index is 13.0. The summed E-state index contributed by atoms with van der Waals surface area (Å²) in [5.41, 5.74) is 2.16. The van der Waals surface area contributed by atoms with Gasteiger partial charge in [-0.2, -0.15) is 0 Å². The summed E-state index contributed by atoms with van der Waals surface area (Å²) in [5, 5.41) is 10.1. The fourth-order valence-corrected chi connectivity index (χ4v) is 2.72. The van der Waals surface area contributed by atoms with E-state index >= 15 is 0 Å². The third-order valence-electron chi connectivity index (χ3n) is 2.98. The Bertz CT molecular complexity index is 525. The average Bonchev–Trinajstić information content (AvgIpc) is 2.45. The Hall–Kier alpha value is -1.32. The highest BCUT2D eigenvalue weighted by Crippen LogP contribution is 2.25. The molecular weight excluding hydrogens is 259 g/mol. The summed E-state index contributed by atoms with van der Waals surface area (Å²) in [6.45, 7) is 2.10. The number of aliphatic hydroxyl groups is 1. The van der Waals surface area contributed by atoms with E-state index in [1.165, 1.54) is 29.5 Å². The summed E-state index contributed by atoms with van der Waals surface area (Å²) in [4.78, 5) is 0.837. The number of aryl methyl sites for hydroxylation is 1. The van der Waals surface area contributed by atoms with E-state index in [0.717, 1.165) is 16.9 Å². The topological polar surface area (TPSA) is 20.2 Å². The van der Waals surface area contributed by atoms with Crippen molar-refractivity contribution in [1.29, 1.82) is 0 Å². The van der Waals surface area contributed by atoms with Crippen LogP contribution in [-0.4, -0.2) is 10.9 Å². The van der Waals surface area contributed by atoms with Gasteiger partial charge in [0.25, 0.3) is 0 Å². The highest BCUT2D eigenvalue weighted by Gasteiger charge is 2.08. The highest BCUT2D eigenvalue weighted by molar-refractivity contribution is 7.99. The van der Waals surface area contributed by atoms with Crippen molar-refractivity contribution in [2.45, 2.75) is 24.3 Å². The lowest BCUT2D eigenvalue weighted by Gasteiger charge is -2.11.